The van der Waals surface area contributed by atoms with E-state index in [0.717, 1.165) is 4.31 Å². The first-order chi connectivity index (χ1) is 14.6. The summed E-state index contributed by atoms with van der Waals surface area (Å²) in [6.07, 6.45) is 0. The predicted octanol–water partition coefficient (Wildman–Crippen LogP) is 2.45. The topological polar surface area (TPSA) is 111 Å². The molecule has 0 saturated heterocycles. The van der Waals surface area contributed by atoms with Crippen LogP contribution < -0.4 is 14.8 Å². The van der Waals surface area contributed by atoms with Gasteiger partial charge < -0.3 is 19.5 Å². The molecule has 0 bridgehead atoms. The Labute approximate surface area is 182 Å². The Hall–Kier alpha value is -3.11. The molecular weight excluding hydrogens is 424 g/mol. The van der Waals surface area contributed by atoms with Crippen LogP contribution in [0.4, 0.5) is 5.69 Å². The van der Waals surface area contributed by atoms with Crippen LogP contribution in [0.3, 0.4) is 0 Å². The molecule has 1 amide bonds. The molecule has 0 aliphatic heterocycles. The third-order valence-corrected chi connectivity index (χ3v) is 6.33. The molecule has 31 heavy (non-hydrogen) atoms. The van der Waals surface area contributed by atoms with E-state index in [0.29, 0.717) is 22.6 Å². The Morgan fingerprint density at radius 2 is 1.74 bits per heavy atom. The van der Waals surface area contributed by atoms with Gasteiger partial charge in [-0.3, -0.25) is 4.79 Å². The molecule has 0 radical (unpaired) electrons. The van der Waals surface area contributed by atoms with E-state index in [1.54, 1.807) is 32.0 Å². The Balaban J connectivity index is 2.17. The summed E-state index contributed by atoms with van der Waals surface area (Å²) in [5.41, 5.74) is 1.25. The van der Waals surface area contributed by atoms with Crippen molar-refractivity contribution in [3.05, 3.63) is 47.5 Å². The minimum atomic E-state index is -3.96. The fourth-order valence-electron chi connectivity index (χ4n) is 2.83. The number of nitrogens with zero attached hydrogens (tertiary/aromatic N) is 1. The number of hydrogen-bond acceptors (Lipinski definition) is 7. The van der Waals surface area contributed by atoms with Crippen LogP contribution in [0.5, 0.6) is 11.5 Å². The van der Waals surface area contributed by atoms with Gasteiger partial charge in [0.25, 0.3) is 0 Å². The average Bonchev–Trinajstić information content (AvgIpc) is 2.74. The van der Waals surface area contributed by atoms with Gasteiger partial charge in [0.05, 0.1) is 37.8 Å². The average molecular weight is 451 g/mol. The molecule has 2 aromatic carbocycles. The van der Waals surface area contributed by atoms with E-state index >= 15 is 0 Å². The Bertz CT molecular complexity index is 1070. The van der Waals surface area contributed by atoms with Crippen LogP contribution in [-0.4, -0.2) is 59.0 Å². The van der Waals surface area contributed by atoms with Gasteiger partial charge in [-0.2, -0.15) is 4.31 Å². The summed E-state index contributed by atoms with van der Waals surface area (Å²) >= 11 is 0. The SMILES string of the molecule is CCOC(=O)c1cccc(NC(=O)CN(C)S(=O)(=O)c2ccc(OC)c(OC)c2)c1C. The number of anilines is 1. The summed E-state index contributed by atoms with van der Waals surface area (Å²) in [5.74, 6) is -0.411. The van der Waals surface area contributed by atoms with Crippen molar-refractivity contribution in [1.82, 2.24) is 4.31 Å². The van der Waals surface area contributed by atoms with Crippen molar-refractivity contribution in [3.63, 3.8) is 0 Å². The van der Waals surface area contributed by atoms with Gasteiger partial charge in [-0.05, 0) is 43.7 Å². The van der Waals surface area contributed by atoms with Crippen LogP contribution in [-0.2, 0) is 19.6 Å². The number of esters is 1. The highest BCUT2D eigenvalue weighted by Gasteiger charge is 2.25. The van der Waals surface area contributed by atoms with E-state index in [1.807, 2.05) is 0 Å². The quantitative estimate of drug-likeness (QED) is 0.584. The van der Waals surface area contributed by atoms with E-state index in [1.165, 1.54) is 39.5 Å². The van der Waals surface area contributed by atoms with Gasteiger partial charge >= 0.3 is 5.97 Å². The standard InChI is InChI=1S/C21H26N2O7S/c1-6-30-21(25)16-8-7-9-17(14(16)2)22-20(24)13-23(3)31(26,27)15-10-11-18(28-4)19(12-15)29-5/h7-12H,6,13H2,1-5H3,(H,22,24). The maximum Gasteiger partial charge on any atom is 0.338 e. The van der Waals surface area contributed by atoms with E-state index < -0.39 is 28.4 Å². The third kappa shape index (κ3) is 5.53. The largest absolute Gasteiger partial charge is 0.493 e. The van der Waals surface area contributed by atoms with Gasteiger partial charge in [-0.1, -0.05) is 6.07 Å². The Kier molecular flexibility index (Phi) is 8.01. The van der Waals surface area contributed by atoms with Crippen molar-refractivity contribution in [2.45, 2.75) is 18.7 Å². The minimum absolute atomic E-state index is 0.0408. The fourth-order valence-corrected chi connectivity index (χ4v) is 3.98. The number of likely N-dealkylation sites (N-methyl/N-ethyl adjacent to an activating group) is 1. The molecule has 1 N–H and O–H groups in total. The molecule has 0 saturated carbocycles. The second kappa shape index (κ2) is 10.3. The Morgan fingerprint density at radius 1 is 1.06 bits per heavy atom. The van der Waals surface area contributed by atoms with E-state index in [9.17, 15) is 18.0 Å². The number of nitrogens with one attached hydrogen (secondary N) is 1. The second-order valence-electron chi connectivity index (χ2n) is 6.52. The molecule has 0 atom stereocenters. The zero-order valence-corrected chi connectivity index (χ0v) is 18.9. The lowest BCUT2D eigenvalue weighted by Crippen LogP contribution is -2.35. The number of rotatable bonds is 9. The normalized spacial score (nSPS) is 11.2. The summed E-state index contributed by atoms with van der Waals surface area (Å²) in [6.45, 7) is 3.17. The summed E-state index contributed by atoms with van der Waals surface area (Å²) < 4.78 is 41.9. The van der Waals surface area contributed by atoms with Crippen LogP contribution in [0.25, 0.3) is 0 Å². The highest BCUT2D eigenvalue weighted by Crippen LogP contribution is 2.30. The van der Waals surface area contributed by atoms with Crippen LogP contribution in [0.1, 0.15) is 22.8 Å². The zero-order chi connectivity index (χ0) is 23.2. The smallest absolute Gasteiger partial charge is 0.338 e. The van der Waals surface area contributed by atoms with E-state index in [2.05, 4.69) is 5.32 Å². The molecule has 168 valence electrons. The highest BCUT2D eigenvalue weighted by atomic mass is 32.2. The maximum absolute atomic E-state index is 12.9. The van der Waals surface area contributed by atoms with Gasteiger partial charge in [0.2, 0.25) is 15.9 Å². The zero-order valence-electron chi connectivity index (χ0n) is 18.1. The maximum atomic E-state index is 12.9. The van der Waals surface area contributed by atoms with Crippen LogP contribution >= 0.6 is 0 Å². The summed E-state index contributed by atoms with van der Waals surface area (Å²) in [4.78, 5) is 24.5. The summed E-state index contributed by atoms with van der Waals surface area (Å²) in [7, 11) is 0.186. The van der Waals surface area contributed by atoms with Gasteiger partial charge in [-0.25, -0.2) is 13.2 Å². The number of benzene rings is 2. The first-order valence-electron chi connectivity index (χ1n) is 9.40. The molecule has 0 aromatic heterocycles. The molecular formula is C21H26N2O7S. The first kappa shape index (κ1) is 24.2. The first-order valence-corrected chi connectivity index (χ1v) is 10.8. The molecule has 9 nitrogen and oxygen atoms in total. The molecule has 0 aliphatic rings. The second-order valence-corrected chi connectivity index (χ2v) is 8.57. The van der Waals surface area contributed by atoms with Crippen molar-refractivity contribution in [2.75, 3.05) is 39.7 Å². The van der Waals surface area contributed by atoms with Gasteiger partial charge in [-0.15, -0.1) is 0 Å². The van der Waals surface area contributed by atoms with Gasteiger partial charge in [0, 0.05) is 18.8 Å². The molecule has 0 aliphatic carbocycles. The number of carbonyl (C=O) groups excluding carboxylic acids is 2. The van der Waals surface area contributed by atoms with Crippen molar-refractivity contribution in [2.24, 2.45) is 0 Å². The van der Waals surface area contributed by atoms with E-state index in [-0.39, 0.29) is 17.3 Å². The fraction of sp³-hybridized carbons (Fsp3) is 0.333. The number of ether oxygens (including phenoxy) is 3. The number of sulfonamides is 1. The monoisotopic (exact) mass is 450 g/mol. The van der Waals surface area contributed by atoms with Crippen molar-refractivity contribution >= 4 is 27.6 Å². The lowest BCUT2D eigenvalue weighted by atomic mass is 10.1. The van der Waals surface area contributed by atoms with E-state index in [4.69, 9.17) is 14.2 Å². The number of amides is 1. The summed E-state index contributed by atoms with van der Waals surface area (Å²) in [5, 5.41) is 2.65. The predicted molar refractivity (Wildman–Crippen MR) is 115 cm³/mol. The lowest BCUT2D eigenvalue weighted by Gasteiger charge is -2.18. The molecule has 0 fully saturated rings. The molecule has 10 heteroatoms. The lowest BCUT2D eigenvalue weighted by molar-refractivity contribution is -0.116. The van der Waals surface area contributed by atoms with Crippen molar-refractivity contribution in [1.29, 1.82) is 0 Å². The van der Waals surface area contributed by atoms with Crippen molar-refractivity contribution in [3.8, 4) is 11.5 Å². The van der Waals surface area contributed by atoms with Crippen LogP contribution in [0.15, 0.2) is 41.3 Å². The van der Waals surface area contributed by atoms with Crippen LogP contribution in [0, 0.1) is 6.92 Å². The number of carbonyl (C=O) groups is 2. The van der Waals surface area contributed by atoms with Gasteiger partial charge in [0.1, 0.15) is 0 Å². The van der Waals surface area contributed by atoms with Crippen LogP contribution in [0.2, 0.25) is 0 Å². The minimum Gasteiger partial charge on any atom is -0.493 e. The molecule has 0 heterocycles. The molecule has 0 spiro atoms. The summed E-state index contributed by atoms with van der Waals surface area (Å²) in [6, 6.07) is 9.01. The molecule has 2 rings (SSSR count). The Morgan fingerprint density at radius 3 is 2.35 bits per heavy atom. The molecule has 0 unspecified atom stereocenters. The van der Waals surface area contributed by atoms with Crippen molar-refractivity contribution < 1.29 is 32.2 Å². The van der Waals surface area contributed by atoms with Gasteiger partial charge in [0.15, 0.2) is 11.5 Å². The molecule has 2 aromatic rings. The number of methoxy groups -OCH3 is 2. The number of hydrogen-bond donors (Lipinski definition) is 1. The third-order valence-electron chi connectivity index (χ3n) is 4.53. The highest BCUT2D eigenvalue weighted by molar-refractivity contribution is 7.89.